The summed E-state index contributed by atoms with van der Waals surface area (Å²) in [5.41, 5.74) is 1.79. The van der Waals surface area contributed by atoms with Crippen LogP contribution < -0.4 is 0 Å². The van der Waals surface area contributed by atoms with Crippen LogP contribution in [0.15, 0.2) is 78.3 Å². The molecule has 3 rings (SSSR count). The van der Waals surface area contributed by atoms with Crippen LogP contribution in [0, 0.1) is 0 Å². The molecule has 0 bridgehead atoms. The third-order valence-corrected chi connectivity index (χ3v) is 2.01. The zero-order valence-electron chi connectivity index (χ0n) is 9.26. The Balaban J connectivity index is 0.000000128. The molecule has 0 saturated heterocycles. The van der Waals surface area contributed by atoms with Gasteiger partial charge in [0.05, 0.1) is 5.51 Å². The summed E-state index contributed by atoms with van der Waals surface area (Å²) in [4.78, 5) is 11.1. The van der Waals surface area contributed by atoms with Crippen molar-refractivity contribution in [1.29, 1.82) is 0 Å². The summed E-state index contributed by atoms with van der Waals surface area (Å²) < 4.78 is 0. The van der Waals surface area contributed by atoms with Crippen LogP contribution in [0.4, 0.5) is 0 Å². The van der Waals surface area contributed by atoms with Gasteiger partial charge in [-0.2, -0.15) is 0 Å². The lowest BCUT2D eigenvalue weighted by atomic mass is 10.4. The molecule has 3 aromatic rings. The minimum absolute atomic E-state index is 1.50. The smallest absolute Gasteiger partial charge is 0.115 e. The van der Waals surface area contributed by atoms with Crippen LogP contribution in [0.25, 0.3) is 0 Å². The number of rotatable bonds is 0. The normalized spacial score (nSPS) is 8.00. The standard InChI is InChI=1S/C6H6.C4H4N2.C3H3NS/c1-2-4-6-5-3-1;1-2-5-4-6-3-1;1-2-5-3-4-1/h1-6H;1-4H;1-3H. The van der Waals surface area contributed by atoms with E-state index >= 15 is 0 Å². The van der Waals surface area contributed by atoms with Crippen molar-refractivity contribution >= 4 is 11.3 Å². The van der Waals surface area contributed by atoms with Crippen LogP contribution in [0.2, 0.25) is 0 Å². The summed E-state index contributed by atoms with van der Waals surface area (Å²) in [6.07, 6.45) is 6.64. The second-order valence-electron chi connectivity index (χ2n) is 2.73. The second kappa shape index (κ2) is 10.4. The third kappa shape index (κ3) is 8.89. The lowest BCUT2D eigenvalue weighted by molar-refractivity contribution is 1.17. The Morgan fingerprint density at radius 3 is 1.35 bits per heavy atom. The van der Waals surface area contributed by atoms with Crippen molar-refractivity contribution in [2.24, 2.45) is 0 Å². The molecule has 4 heteroatoms. The Kier molecular flexibility index (Phi) is 7.99. The fourth-order valence-electron chi connectivity index (χ4n) is 0.814. The molecular weight excluding hydrogens is 230 g/mol. The Morgan fingerprint density at radius 2 is 1.18 bits per heavy atom. The van der Waals surface area contributed by atoms with Gasteiger partial charge in [0.1, 0.15) is 6.33 Å². The number of hydrogen-bond donors (Lipinski definition) is 0. The largest absolute Gasteiger partial charge is 0.253 e. The average Bonchev–Trinajstić information content (AvgIpc) is 3.03. The average molecular weight is 243 g/mol. The molecule has 3 nitrogen and oxygen atoms in total. The van der Waals surface area contributed by atoms with Gasteiger partial charge < -0.3 is 0 Å². The zero-order valence-corrected chi connectivity index (χ0v) is 10.1. The molecule has 17 heavy (non-hydrogen) atoms. The molecule has 0 amide bonds. The van der Waals surface area contributed by atoms with Crippen LogP contribution in [0.1, 0.15) is 0 Å². The summed E-state index contributed by atoms with van der Waals surface area (Å²) in [6.45, 7) is 0. The number of benzene rings is 1. The molecule has 2 heterocycles. The lowest BCUT2D eigenvalue weighted by Gasteiger charge is -1.70. The van der Waals surface area contributed by atoms with Gasteiger partial charge >= 0.3 is 0 Å². The monoisotopic (exact) mass is 243 g/mol. The van der Waals surface area contributed by atoms with Gasteiger partial charge in [0.25, 0.3) is 0 Å². The molecule has 0 aliphatic rings. The van der Waals surface area contributed by atoms with Gasteiger partial charge in [0.2, 0.25) is 0 Å². The Bertz CT molecular complexity index is 327. The van der Waals surface area contributed by atoms with Gasteiger partial charge in [-0.05, 0) is 6.07 Å². The molecule has 0 aliphatic heterocycles. The van der Waals surface area contributed by atoms with E-state index in [-0.39, 0.29) is 0 Å². The van der Waals surface area contributed by atoms with Gasteiger partial charge in [0.15, 0.2) is 0 Å². The van der Waals surface area contributed by atoms with E-state index in [0.717, 1.165) is 0 Å². The predicted octanol–water partition coefficient (Wildman–Crippen LogP) is 3.31. The third-order valence-electron chi connectivity index (χ3n) is 1.49. The van der Waals surface area contributed by atoms with E-state index in [0.29, 0.717) is 0 Å². The van der Waals surface area contributed by atoms with Crippen LogP contribution in [0.5, 0.6) is 0 Å². The summed E-state index contributed by atoms with van der Waals surface area (Å²) in [6, 6.07) is 13.8. The maximum atomic E-state index is 3.74. The Hall–Kier alpha value is -2.07. The van der Waals surface area contributed by atoms with E-state index in [1.54, 1.807) is 41.5 Å². The molecule has 1 aromatic carbocycles. The summed E-state index contributed by atoms with van der Waals surface area (Å²) in [5.74, 6) is 0. The van der Waals surface area contributed by atoms with E-state index in [2.05, 4.69) is 15.0 Å². The first kappa shape index (κ1) is 13.0. The van der Waals surface area contributed by atoms with E-state index in [1.807, 2.05) is 41.8 Å². The van der Waals surface area contributed by atoms with Crippen molar-refractivity contribution in [1.82, 2.24) is 15.0 Å². The highest BCUT2D eigenvalue weighted by Gasteiger charge is 1.60. The molecule has 0 atom stereocenters. The van der Waals surface area contributed by atoms with Gasteiger partial charge in [-0.15, -0.1) is 11.3 Å². The summed E-state index contributed by atoms with van der Waals surface area (Å²) in [7, 11) is 0. The first-order valence-electron chi connectivity index (χ1n) is 5.02. The summed E-state index contributed by atoms with van der Waals surface area (Å²) in [5, 5.41) is 1.93. The zero-order chi connectivity index (χ0) is 12.0. The maximum Gasteiger partial charge on any atom is 0.115 e. The molecule has 86 valence electrons. The van der Waals surface area contributed by atoms with Crippen molar-refractivity contribution in [3.05, 3.63) is 78.3 Å². The van der Waals surface area contributed by atoms with Crippen LogP contribution in [-0.2, 0) is 0 Å². The first-order chi connectivity index (χ1) is 8.50. The number of thiazole rings is 1. The first-order valence-corrected chi connectivity index (χ1v) is 5.96. The molecular formula is C13H13N3S. The minimum atomic E-state index is 1.50. The molecule has 0 fully saturated rings. The molecule has 0 saturated carbocycles. The second-order valence-corrected chi connectivity index (χ2v) is 3.49. The van der Waals surface area contributed by atoms with Crippen LogP contribution >= 0.6 is 11.3 Å². The number of hydrogen-bond acceptors (Lipinski definition) is 4. The fraction of sp³-hybridized carbons (Fsp3) is 0. The topological polar surface area (TPSA) is 38.7 Å². The van der Waals surface area contributed by atoms with E-state index in [4.69, 9.17) is 0 Å². The molecule has 0 radical (unpaired) electrons. The van der Waals surface area contributed by atoms with Crippen molar-refractivity contribution in [2.45, 2.75) is 0 Å². The number of nitrogens with zero attached hydrogens (tertiary/aromatic N) is 3. The fourth-order valence-corrected chi connectivity index (χ4v) is 1.17. The maximum absolute atomic E-state index is 3.74. The van der Waals surface area contributed by atoms with Crippen molar-refractivity contribution < 1.29 is 0 Å². The molecule has 0 aliphatic carbocycles. The van der Waals surface area contributed by atoms with Gasteiger partial charge in [-0.25, -0.2) is 9.97 Å². The van der Waals surface area contributed by atoms with Gasteiger partial charge in [-0.3, -0.25) is 4.98 Å². The molecule has 0 unspecified atom stereocenters. The van der Waals surface area contributed by atoms with Gasteiger partial charge in [-0.1, -0.05) is 36.4 Å². The lowest BCUT2D eigenvalue weighted by Crippen LogP contribution is -1.66. The molecule has 2 aromatic heterocycles. The highest BCUT2D eigenvalue weighted by molar-refractivity contribution is 7.07. The van der Waals surface area contributed by atoms with Crippen LogP contribution in [0.3, 0.4) is 0 Å². The Morgan fingerprint density at radius 1 is 0.588 bits per heavy atom. The quantitative estimate of drug-likeness (QED) is 0.608. The highest BCUT2D eigenvalue weighted by Crippen LogP contribution is 1.85. The SMILES string of the molecule is c1ccccc1.c1cncnc1.c1cscn1. The van der Waals surface area contributed by atoms with E-state index in [9.17, 15) is 0 Å². The van der Waals surface area contributed by atoms with Crippen LogP contribution in [-0.4, -0.2) is 15.0 Å². The van der Waals surface area contributed by atoms with Gasteiger partial charge in [0, 0.05) is 24.0 Å². The predicted molar refractivity (Wildman–Crippen MR) is 70.6 cm³/mol. The number of aromatic nitrogens is 3. The summed E-state index contributed by atoms with van der Waals surface area (Å²) >= 11 is 1.60. The molecule has 0 spiro atoms. The van der Waals surface area contributed by atoms with E-state index in [1.165, 1.54) is 6.33 Å². The van der Waals surface area contributed by atoms with Crippen molar-refractivity contribution in [3.63, 3.8) is 0 Å². The van der Waals surface area contributed by atoms with Crippen molar-refractivity contribution in [2.75, 3.05) is 0 Å². The minimum Gasteiger partial charge on any atom is -0.253 e. The van der Waals surface area contributed by atoms with E-state index < -0.39 is 0 Å². The van der Waals surface area contributed by atoms with Crippen molar-refractivity contribution in [3.8, 4) is 0 Å². The Labute approximate surface area is 105 Å². The molecule has 0 N–H and O–H groups in total. The highest BCUT2D eigenvalue weighted by atomic mass is 32.1.